The quantitative estimate of drug-likeness (QED) is 0.819. The molecule has 0 bridgehead atoms. The normalized spacial score (nSPS) is 16.9. The molecular formula is C14H22N2O. The maximum absolute atomic E-state index is 5.56. The van der Waals surface area contributed by atoms with Crippen molar-refractivity contribution in [2.75, 3.05) is 18.5 Å². The van der Waals surface area contributed by atoms with E-state index in [-0.39, 0.29) is 0 Å². The predicted octanol–water partition coefficient (Wildman–Crippen LogP) is 3.33. The van der Waals surface area contributed by atoms with Crippen molar-refractivity contribution in [1.82, 2.24) is 4.98 Å². The number of hydrogen-bond donors (Lipinski definition) is 1. The molecule has 0 unspecified atom stereocenters. The third-order valence-electron chi connectivity index (χ3n) is 3.80. The van der Waals surface area contributed by atoms with Gasteiger partial charge in [0.25, 0.3) is 0 Å². The summed E-state index contributed by atoms with van der Waals surface area (Å²) < 4.78 is 5.56. The van der Waals surface area contributed by atoms with Crippen molar-refractivity contribution in [3.05, 3.63) is 18.3 Å². The Hall–Kier alpha value is -1.25. The molecule has 0 aromatic carbocycles. The summed E-state index contributed by atoms with van der Waals surface area (Å²) in [6, 6.07) is 3.87. The van der Waals surface area contributed by atoms with Crippen molar-refractivity contribution in [1.29, 1.82) is 0 Å². The van der Waals surface area contributed by atoms with E-state index in [0.717, 1.165) is 24.0 Å². The van der Waals surface area contributed by atoms with Crippen molar-refractivity contribution in [2.45, 2.75) is 33.6 Å². The minimum Gasteiger partial charge on any atom is -0.490 e. The Morgan fingerprint density at radius 3 is 2.82 bits per heavy atom. The van der Waals surface area contributed by atoms with Gasteiger partial charge in [0.1, 0.15) is 0 Å². The molecule has 1 aromatic heterocycles. The van der Waals surface area contributed by atoms with Crippen LogP contribution in [0.15, 0.2) is 18.3 Å². The first-order valence-corrected chi connectivity index (χ1v) is 6.49. The average Bonchev–Trinajstić information content (AvgIpc) is 3.09. The van der Waals surface area contributed by atoms with Crippen molar-refractivity contribution in [3.8, 4) is 5.75 Å². The Labute approximate surface area is 104 Å². The molecule has 3 heteroatoms. The van der Waals surface area contributed by atoms with Crippen LogP contribution in [0.1, 0.15) is 33.6 Å². The zero-order valence-corrected chi connectivity index (χ0v) is 11.0. The van der Waals surface area contributed by atoms with Crippen molar-refractivity contribution < 1.29 is 4.74 Å². The van der Waals surface area contributed by atoms with Crippen LogP contribution in [0.2, 0.25) is 0 Å². The van der Waals surface area contributed by atoms with Gasteiger partial charge in [0, 0.05) is 12.7 Å². The first-order valence-electron chi connectivity index (χ1n) is 6.49. The van der Waals surface area contributed by atoms with Crippen molar-refractivity contribution in [3.63, 3.8) is 0 Å². The van der Waals surface area contributed by atoms with E-state index >= 15 is 0 Å². The molecule has 17 heavy (non-hydrogen) atoms. The summed E-state index contributed by atoms with van der Waals surface area (Å²) in [5.41, 5.74) is 0.487. The van der Waals surface area contributed by atoms with Gasteiger partial charge in [0.2, 0.25) is 0 Å². The lowest BCUT2D eigenvalue weighted by Gasteiger charge is -2.21. The molecule has 1 saturated carbocycles. The summed E-state index contributed by atoms with van der Waals surface area (Å²) >= 11 is 0. The Morgan fingerprint density at radius 2 is 2.24 bits per heavy atom. The topological polar surface area (TPSA) is 34.1 Å². The summed E-state index contributed by atoms with van der Waals surface area (Å²) in [5.74, 6) is 2.46. The maximum atomic E-state index is 5.56. The van der Waals surface area contributed by atoms with E-state index in [4.69, 9.17) is 4.74 Å². The minimum atomic E-state index is 0.487. The number of aromatic nitrogens is 1. The van der Waals surface area contributed by atoms with E-state index < -0.39 is 0 Å². The van der Waals surface area contributed by atoms with Gasteiger partial charge in [-0.05, 0) is 43.2 Å². The fraction of sp³-hybridized carbons (Fsp3) is 0.643. The largest absolute Gasteiger partial charge is 0.490 e. The smallest absolute Gasteiger partial charge is 0.168 e. The second-order valence-electron chi connectivity index (χ2n) is 5.15. The summed E-state index contributed by atoms with van der Waals surface area (Å²) in [4.78, 5) is 4.35. The summed E-state index contributed by atoms with van der Waals surface area (Å²) in [7, 11) is 0. The fourth-order valence-corrected chi connectivity index (χ4v) is 2.17. The number of nitrogens with zero attached hydrogens (tertiary/aromatic N) is 1. The highest BCUT2D eigenvalue weighted by Crippen LogP contribution is 2.51. The van der Waals surface area contributed by atoms with E-state index in [9.17, 15) is 0 Å². The number of nitrogens with one attached hydrogen (secondary N) is 1. The number of rotatable bonds is 6. The molecule has 3 nitrogen and oxygen atoms in total. The minimum absolute atomic E-state index is 0.487. The molecule has 1 N–H and O–H groups in total. The van der Waals surface area contributed by atoms with Gasteiger partial charge in [0.05, 0.1) is 6.61 Å². The van der Waals surface area contributed by atoms with E-state index in [1.807, 2.05) is 19.1 Å². The lowest BCUT2D eigenvalue weighted by Crippen LogP contribution is -2.21. The second kappa shape index (κ2) is 4.94. The zero-order chi connectivity index (χ0) is 12.3. The first kappa shape index (κ1) is 12.2. The van der Waals surface area contributed by atoms with Gasteiger partial charge in [0.15, 0.2) is 11.6 Å². The molecule has 1 aromatic rings. The van der Waals surface area contributed by atoms with Crippen LogP contribution in [-0.2, 0) is 0 Å². The molecule has 0 atom stereocenters. The van der Waals surface area contributed by atoms with E-state index in [1.165, 1.54) is 12.8 Å². The molecule has 0 aliphatic heterocycles. The molecule has 1 heterocycles. The third-order valence-corrected chi connectivity index (χ3v) is 3.80. The summed E-state index contributed by atoms with van der Waals surface area (Å²) in [5, 5.41) is 3.45. The first-order chi connectivity index (χ1) is 8.18. The van der Waals surface area contributed by atoms with Crippen LogP contribution in [0.3, 0.4) is 0 Å². The Bertz CT molecular complexity index is 372. The average molecular weight is 234 g/mol. The van der Waals surface area contributed by atoms with Crippen LogP contribution in [0.25, 0.3) is 0 Å². The molecule has 0 saturated heterocycles. The third kappa shape index (κ3) is 2.71. The van der Waals surface area contributed by atoms with Crippen molar-refractivity contribution in [2.24, 2.45) is 11.3 Å². The number of hydrogen-bond acceptors (Lipinski definition) is 3. The van der Waals surface area contributed by atoms with E-state index in [2.05, 4.69) is 24.1 Å². The Kier molecular flexibility index (Phi) is 3.55. The van der Waals surface area contributed by atoms with Crippen LogP contribution >= 0.6 is 0 Å². The molecule has 0 amide bonds. The van der Waals surface area contributed by atoms with Gasteiger partial charge in [-0.2, -0.15) is 0 Å². The predicted molar refractivity (Wildman–Crippen MR) is 70.4 cm³/mol. The van der Waals surface area contributed by atoms with E-state index in [1.54, 1.807) is 6.20 Å². The Balaban J connectivity index is 1.99. The van der Waals surface area contributed by atoms with Crippen molar-refractivity contribution >= 4 is 5.82 Å². The highest BCUT2D eigenvalue weighted by Gasteiger charge is 2.45. The highest BCUT2D eigenvalue weighted by molar-refractivity contribution is 5.49. The molecular weight excluding hydrogens is 212 g/mol. The molecule has 1 fully saturated rings. The SMILES string of the molecule is CCOc1cccnc1NCC1(C(C)C)CC1. The fourth-order valence-electron chi connectivity index (χ4n) is 2.17. The summed E-state index contributed by atoms with van der Waals surface area (Å²) in [6.07, 6.45) is 4.46. The zero-order valence-electron chi connectivity index (χ0n) is 11.0. The van der Waals surface area contributed by atoms with Crippen LogP contribution < -0.4 is 10.1 Å². The van der Waals surface area contributed by atoms with Gasteiger partial charge in [-0.15, -0.1) is 0 Å². The van der Waals surface area contributed by atoms with Crippen LogP contribution in [-0.4, -0.2) is 18.1 Å². The maximum Gasteiger partial charge on any atom is 0.168 e. The van der Waals surface area contributed by atoms with Gasteiger partial charge in [-0.25, -0.2) is 4.98 Å². The standard InChI is InChI=1S/C14H22N2O/c1-4-17-12-6-5-9-15-13(12)16-10-14(7-8-14)11(2)3/h5-6,9,11H,4,7-8,10H2,1-3H3,(H,15,16). The van der Waals surface area contributed by atoms with Crippen LogP contribution in [0.5, 0.6) is 5.75 Å². The number of pyridine rings is 1. The Morgan fingerprint density at radius 1 is 1.47 bits per heavy atom. The molecule has 1 aliphatic rings. The van der Waals surface area contributed by atoms with E-state index in [0.29, 0.717) is 12.0 Å². The number of ether oxygens (including phenoxy) is 1. The highest BCUT2D eigenvalue weighted by atomic mass is 16.5. The van der Waals surface area contributed by atoms with Gasteiger partial charge >= 0.3 is 0 Å². The number of anilines is 1. The molecule has 1 aliphatic carbocycles. The second-order valence-corrected chi connectivity index (χ2v) is 5.15. The van der Waals surface area contributed by atoms with Crippen LogP contribution in [0.4, 0.5) is 5.82 Å². The molecule has 94 valence electrons. The molecule has 0 radical (unpaired) electrons. The van der Waals surface area contributed by atoms with Gasteiger partial charge in [-0.1, -0.05) is 13.8 Å². The summed E-state index contributed by atoms with van der Waals surface area (Å²) in [6.45, 7) is 8.28. The monoisotopic (exact) mass is 234 g/mol. The molecule has 0 spiro atoms. The van der Waals surface area contributed by atoms with Gasteiger partial charge < -0.3 is 10.1 Å². The lowest BCUT2D eigenvalue weighted by atomic mass is 9.92. The van der Waals surface area contributed by atoms with Gasteiger partial charge in [-0.3, -0.25) is 0 Å². The molecule has 2 rings (SSSR count). The lowest BCUT2D eigenvalue weighted by molar-refractivity contribution is 0.339. The van der Waals surface area contributed by atoms with Crippen LogP contribution in [0, 0.1) is 11.3 Å².